The Morgan fingerprint density at radius 3 is 2.88 bits per heavy atom. The number of rotatable bonds is 5. The maximum Gasteiger partial charge on any atom is 0.0749 e. The third-order valence-electron chi connectivity index (χ3n) is 3.42. The Kier molecular flexibility index (Phi) is 4.13. The number of nitrogens with two attached hydrogens (primary N) is 1. The van der Waals surface area contributed by atoms with Gasteiger partial charge in [-0.2, -0.15) is 0 Å². The van der Waals surface area contributed by atoms with Gasteiger partial charge in [0, 0.05) is 17.2 Å². The van der Waals surface area contributed by atoms with Crippen molar-refractivity contribution < 1.29 is 5.11 Å². The molecule has 2 rings (SSSR count). The van der Waals surface area contributed by atoms with Crippen LogP contribution in [-0.4, -0.2) is 23.0 Å². The highest BCUT2D eigenvalue weighted by Crippen LogP contribution is 2.28. The molecule has 1 aromatic carbocycles. The molecule has 3 N–H and O–H groups in total. The highest BCUT2D eigenvalue weighted by atomic mass is 32.2. The molecule has 0 spiro atoms. The van der Waals surface area contributed by atoms with Crippen molar-refractivity contribution in [2.75, 3.05) is 12.3 Å². The summed E-state index contributed by atoms with van der Waals surface area (Å²) in [4.78, 5) is 1.32. The summed E-state index contributed by atoms with van der Waals surface area (Å²) >= 11 is 1.81. The lowest BCUT2D eigenvalue weighted by molar-refractivity contribution is 0.0665. The fourth-order valence-electron chi connectivity index (χ4n) is 2.13. The maximum absolute atomic E-state index is 9.82. The second-order valence-electron chi connectivity index (χ2n) is 5.08. The third-order valence-corrected chi connectivity index (χ3v) is 4.41. The summed E-state index contributed by atoms with van der Waals surface area (Å²) in [7, 11) is 0. The number of hydrogen-bond acceptors (Lipinski definition) is 3. The fourth-order valence-corrected chi connectivity index (χ4v) is 3.30. The summed E-state index contributed by atoms with van der Waals surface area (Å²) in [6, 6.07) is 6.77. The van der Waals surface area contributed by atoms with Gasteiger partial charge in [-0.3, -0.25) is 0 Å². The number of benzene rings is 1. The van der Waals surface area contributed by atoms with Crippen molar-refractivity contribution in [3.8, 4) is 0 Å². The molecule has 0 bridgehead atoms. The van der Waals surface area contributed by atoms with Crippen LogP contribution < -0.4 is 5.73 Å². The minimum atomic E-state index is -0.719. The van der Waals surface area contributed by atoms with Gasteiger partial charge in [0.05, 0.1) is 5.60 Å². The number of thioether (sulfide) groups is 1. The molecule has 0 heterocycles. The maximum atomic E-state index is 9.82. The van der Waals surface area contributed by atoms with Gasteiger partial charge in [-0.1, -0.05) is 6.07 Å². The standard InChI is InChI=1S/C14H21NOS/c1-14(16,10-15)7-8-17-13-6-5-11-3-2-4-12(11)9-13/h5-6,9,16H,2-4,7-8,10,15H2,1H3. The average Bonchev–Trinajstić information content (AvgIpc) is 2.76. The van der Waals surface area contributed by atoms with Crippen molar-refractivity contribution in [3.05, 3.63) is 29.3 Å². The van der Waals surface area contributed by atoms with Gasteiger partial charge in [0.1, 0.15) is 0 Å². The van der Waals surface area contributed by atoms with Crippen LogP contribution in [0.4, 0.5) is 0 Å². The Bertz CT molecular complexity index is 390. The Morgan fingerprint density at radius 1 is 1.35 bits per heavy atom. The normalized spacial score (nSPS) is 17.8. The van der Waals surface area contributed by atoms with Crippen LogP contribution in [0.1, 0.15) is 30.9 Å². The van der Waals surface area contributed by atoms with Gasteiger partial charge in [0.2, 0.25) is 0 Å². The van der Waals surface area contributed by atoms with Crippen LogP contribution in [0.5, 0.6) is 0 Å². The highest BCUT2D eigenvalue weighted by molar-refractivity contribution is 7.99. The van der Waals surface area contributed by atoms with E-state index < -0.39 is 5.60 Å². The van der Waals surface area contributed by atoms with E-state index in [1.807, 2.05) is 11.8 Å². The van der Waals surface area contributed by atoms with Crippen molar-refractivity contribution in [1.82, 2.24) is 0 Å². The number of aliphatic hydroxyl groups is 1. The molecule has 0 aromatic heterocycles. The summed E-state index contributed by atoms with van der Waals surface area (Å²) in [5.41, 5.74) is 7.81. The lowest BCUT2D eigenvalue weighted by Gasteiger charge is -2.20. The number of fused-ring (bicyclic) bond motifs is 1. The smallest absolute Gasteiger partial charge is 0.0749 e. The second kappa shape index (κ2) is 5.42. The number of hydrogen-bond donors (Lipinski definition) is 2. The van der Waals surface area contributed by atoms with Gasteiger partial charge in [-0.15, -0.1) is 11.8 Å². The molecule has 1 aliphatic carbocycles. The fraction of sp³-hybridized carbons (Fsp3) is 0.571. The van der Waals surface area contributed by atoms with Gasteiger partial charge in [-0.05, 0) is 55.9 Å². The topological polar surface area (TPSA) is 46.2 Å². The van der Waals surface area contributed by atoms with E-state index in [1.54, 1.807) is 6.92 Å². The lowest BCUT2D eigenvalue weighted by atomic mass is 10.1. The third kappa shape index (κ3) is 3.47. The molecule has 2 nitrogen and oxygen atoms in total. The van der Waals surface area contributed by atoms with E-state index in [-0.39, 0.29) is 0 Å². The molecule has 0 aliphatic heterocycles. The first-order chi connectivity index (χ1) is 8.11. The Labute approximate surface area is 108 Å². The Balaban J connectivity index is 1.88. The van der Waals surface area contributed by atoms with Crippen molar-refractivity contribution in [2.24, 2.45) is 5.73 Å². The van der Waals surface area contributed by atoms with Gasteiger partial charge in [0.15, 0.2) is 0 Å². The molecular formula is C14H21NOS. The SMILES string of the molecule is CC(O)(CN)CCSc1ccc2c(c1)CCC2. The molecule has 0 radical (unpaired) electrons. The van der Waals surface area contributed by atoms with Crippen LogP contribution in [0.15, 0.2) is 23.1 Å². The molecule has 0 saturated heterocycles. The summed E-state index contributed by atoms with van der Waals surface area (Å²) in [6.07, 6.45) is 4.50. The summed E-state index contributed by atoms with van der Waals surface area (Å²) in [6.45, 7) is 2.13. The summed E-state index contributed by atoms with van der Waals surface area (Å²) in [5.74, 6) is 0.920. The zero-order chi connectivity index (χ0) is 12.3. The quantitative estimate of drug-likeness (QED) is 0.790. The van der Waals surface area contributed by atoms with Crippen molar-refractivity contribution in [1.29, 1.82) is 0 Å². The van der Waals surface area contributed by atoms with Crippen LogP contribution in [0.25, 0.3) is 0 Å². The molecular weight excluding hydrogens is 230 g/mol. The average molecular weight is 251 g/mol. The Hall–Kier alpha value is -0.510. The molecule has 0 amide bonds. The second-order valence-corrected chi connectivity index (χ2v) is 6.25. The molecule has 3 heteroatoms. The minimum Gasteiger partial charge on any atom is -0.389 e. The van der Waals surface area contributed by atoms with Crippen molar-refractivity contribution >= 4 is 11.8 Å². The zero-order valence-electron chi connectivity index (χ0n) is 10.4. The van der Waals surface area contributed by atoms with Gasteiger partial charge in [-0.25, -0.2) is 0 Å². The molecule has 0 saturated carbocycles. The molecule has 0 fully saturated rings. The predicted molar refractivity (Wildman–Crippen MR) is 73.5 cm³/mol. The van der Waals surface area contributed by atoms with Crippen LogP contribution >= 0.6 is 11.8 Å². The first-order valence-corrected chi connectivity index (χ1v) is 7.26. The van der Waals surface area contributed by atoms with Crippen LogP contribution in [0, 0.1) is 0 Å². The highest BCUT2D eigenvalue weighted by Gasteiger charge is 2.17. The molecule has 94 valence electrons. The van der Waals surface area contributed by atoms with E-state index in [2.05, 4.69) is 18.2 Å². The zero-order valence-corrected chi connectivity index (χ0v) is 11.2. The summed E-state index contributed by atoms with van der Waals surface area (Å²) in [5, 5.41) is 9.82. The largest absolute Gasteiger partial charge is 0.389 e. The molecule has 1 aliphatic rings. The van der Waals surface area contributed by atoms with Gasteiger partial charge < -0.3 is 10.8 Å². The van der Waals surface area contributed by atoms with Crippen molar-refractivity contribution in [3.63, 3.8) is 0 Å². The van der Waals surface area contributed by atoms with E-state index in [1.165, 1.54) is 35.3 Å². The van der Waals surface area contributed by atoms with E-state index >= 15 is 0 Å². The molecule has 17 heavy (non-hydrogen) atoms. The first kappa shape index (κ1) is 12.9. The van der Waals surface area contributed by atoms with Gasteiger partial charge in [0.25, 0.3) is 0 Å². The molecule has 1 atom stereocenters. The Morgan fingerprint density at radius 2 is 2.12 bits per heavy atom. The molecule has 1 aromatic rings. The van der Waals surface area contributed by atoms with E-state index in [9.17, 15) is 5.11 Å². The van der Waals surface area contributed by atoms with E-state index in [4.69, 9.17) is 5.73 Å². The first-order valence-electron chi connectivity index (χ1n) is 6.28. The minimum absolute atomic E-state index is 0.331. The lowest BCUT2D eigenvalue weighted by Crippen LogP contribution is -2.34. The molecule has 1 unspecified atom stereocenters. The van der Waals surface area contributed by atoms with Gasteiger partial charge >= 0.3 is 0 Å². The van der Waals surface area contributed by atoms with Crippen LogP contribution in [0.3, 0.4) is 0 Å². The number of aryl methyl sites for hydroxylation is 2. The van der Waals surface area contributed by atoms with E-state index in [0.717, 1.165) is 12.2 Å². The van der Waals surface area contributed by atoms with E-state index in [0.29, 0.717) is 6.54 Å². The van der Waals surface area contributed by atoms with Crippen LogP contribution in [0.2, 0.25) is 0 Å². The monoisotopic (exact) mass is 251 g/mol. The van der Waals surface area contributed by atoms with Crippen molar-refractivity contribution in [2.45, 2.75) is 43.1 Å². The summed E-state index contributed by atoms with van der Waals surface area (Å²) < 4.78 is 0. The van der Waals surface area contributed by atoms with Crippen LogP contribution in [-0.2, 0) is 12.8 Å². The predicted octanol–water partition coefficient (Wildman–Crippen LogP) is 2.37.